The highest BCUT2D eigenvalue weighted by Crippen LogP contribution is 2.43. The molecular weight excluding hydrogens is 892 g/mol. The predicted octanol–water partition coefficient (Wildman–Crippen LogP) is 5.84. The molecule has 5 aliphatic heterocycles. The molecule has 3 saturated heterocycles. The number of piperidine rings is 3. The number of fused-ring (bicyclic) bond motifs is 2. The van der Waals surface area contributed by atoms with Gasteiger partial charge in [0.15, 0.2) is 5.82 Å². The number of likely N-dealkylation sites (tertiary alicyclic amines) is 1. The number of nitrogens with zero attached hydrogens (tertiary/aromatic N) is 6. The largest absolute Gasteiger partial charge is 0.374 e. The van der Waals surface area contributed by atoms with Gasteiger partial charge in [-0.05, 0) is 107 Å². The van der Waals surface area contributed by atoms with Crippen molar-refractivity contribution in [3.05, 3.63) is 94.9 Å². The van der Waals surface area contributed by atoms with Crippen LogP contribution in [0.2, 0.25) is 0 Å². The van der Waals surface area contributed by atoms with Gasteiger partial charge in [0.2, 0.25) is 33.7 Å². The first-order chi connectivity index (χ1) is 31.9. The Labute approximate surface area is 384 Å². The summed E-state index contributed by atoms with van der Waals surface area (Å²) in [6, 6.07) is 9.97. The van der Waals surface area contributed by atoms with Crippen LogP contribution in [0.15, 0.2) is 65.7 Å². The summed E-state index contributed by atoms with van der Waals surface area (Å²) < 4.78 is 74.8. The molecule has 2 atom stereocenters. The van der Waals surface area contributed by atoms with Crippen LogP contribution in [-0.2, 0) is 24.4 Å². The Morgan fingerprint density at radius 3 is 2.24 bits per heavy atom. The smallest absolute Gasteiger partial charge is 0.262 e. The molecule has 0 saturated carbocycles. The summed E-state index contributed by atoms with van der Waals surface area (Å²) in [5, 5.41) is 7.87. The molecule has 3 fully saturated rings. The van der Waals surface area contributed by atoms with Crippen molar-refractivity contribution >= 4 is 68.6 Å². The molecule has 9 rings (SSSR count). The summed E-state index contributed by atoms with van der Waals surface area (Å²) >= 11 is 0. The highest BCUT2D eigenvalue weighted by Gasteiger charge is 2.46. The Bertz CT molecular complexity index is 2860. The first-order valence-electron chi connectivity index (χ1n) is 22.2. The molecule has 6 heterocycles. The van der Waals surface area contributed by atoms with Gasteiger partial charge in [0.05, 0.1) is 34.5 Å². The zero-order valence-corrected chi connectivity index (χ0v) is 37.8. The van der Waals surface area contributed by atoms with Crippen molar-refractivity contribution in [3.8, 4) is 11.3 Å². The van der Waals surface area contributed by atoms with Crippen molar-refractivity contribution in [1.82, 2.24) is 29.4 Å². The van der Waals surface area contributed by atoms with E-state index in [2.05, 4.69) is 30.8 Å². The van der Waals surface area contributed by atoms with Gasteiger partial charge >= 0.3 is 0 Å². The van der Waals surface area contributed by atoms with Gasteiger partial charge in [0, 0.05) is 67.2 Å². The monoisotopic (exact) mass is 939 g/mol. The molecule has 0 bridgehead atoms. The van der Waals surface area contributed by atoms with Crippen molar-refractivity contribution in [2.75, 3.05) is 48.3 Å². The first-order valence-corrected chi connectivity index (χ1v) is 23.6. The number of amides is 5. The Kier molecular flexibility index (Phi) is 11.9. The number of benzene rings is 3. The van der Waals surface area contributed by atoms with Crippen LogP contribution in [-0.4, -0.2) is 113 Å². The zero-order valence-electron chi connectivity index (χ0n) is 36.9. The van der Waals surface area contributed by atoms with E-state index in [9.17, 15) is 32.4 Å². The van der Waals surface area contributed by atoms with Crippen molar-refractivity contribution < 1.29 is 45.6 Å². The maximum atomic E-state index is 15.4. The number of nitrogens with one attached hydrogen (secondary N) is 3. The van der Waals surface area contributed by atoms with Crippen molar-refractivity contribution in [3.63, 3.8) is 0 Å². The summed E-state index contributed by atoms with van der Waals surface area (Å²) in [5.41, 5.74) is 1.01. The van der Waals surface area contributed by atoms with Gasteiger partial charge in [-0.25, -0.2) is 31.6 Å². The minimum absolute atomic E-state index is 0.00500. The van der Waals surface area contributed by atoms with Gasteiger partial charge in [-0.2, -0.15) is 4.31 Å². The summed E-state index contributed by atoms with van der Waals surface area (Å²) in [5.74, 6) is -5.28. The molecule has 2 unspecified atom stereocenters. The van der Waals surface area contributed by atoms with Crippen LogP contribution in [0.5, 0.6) is 0 Å². The summed E-state index contributed by atoms with van der Waals surface area (Å²) in [6.45, 7) is 7.13. The number of carbonyl (C=O) groups excluding carboxylic acids is 5. The number of halogens is 3. The lowest BCUT2D eigenvalue weighted by Crippen LogP contribution is -2.54. The van der Waals surface area contributed by atoms with Crippen molar-refractivity contribution in [1.29, 1.82) is 0 Å². The Morgan fingerprint density at radius 1 is 0.896 bits per heavy atom. The second-order valence-electron chi connectivity index (χ2n) is 18.0. The number of hydrogen-bond donors (Lipinski definition) is 3. The molecule has 67 heavy (non-hydrogen) atoms. The third kappa shape index (κ3) is 8.52. The van der Waals surface area contributed by atoms with Crippen LogP contribution in [0, 0.1) is 22.9 Å². The Morgan fingerprint density at radius 2 is 1.57 bits per heavy atom. The summed E-state index contributed by atoms with van der Waals surface area (Å²) in [7, 11) is -3.86. The van der Waals surface area contributed by atoms with E-state index >= 15 is 13.2 Å². The van der Waals surface area contributed by atoms with Gasteiger partial charge < -0.3 is 20.4 Å². The average molecular weight is 940 g/mol. The lowest BCUT2D eigenvalue weighted by molar-refractivity contribution is -0.136. The minimum atomic E-state index is -3.86. The molecule has 5 aliphatic rings. The number of sulfonamides is 1. The van der Waals surface area contributed by atoms with Gasteiger partial charge in [-0.3, -0.25) is 34.2 Å². The molecule has 1 spiro atoms. The molecule has 3 N–H and O–H groups in total. The van der Waals surface area contributed by atoms with Gasteiger partial charge in [-0.1, -0.05) is 12.2 Å². The first kappa shape index (κ1) is 45.5. The van der Waals surface area contributed by atoms with Crippen LogP contribution >= 0.6 is 0 Å². The van der Waals surface area contributed by atoms with Crippen LogP contribution in [0.4, 0.5) is 36.2 Å². The number of anilines is 4. The van der Waals surface area contributed by atoms with E-state index in [1.54, 1.807) is 29.2 Å². The molecule has 1 aromatic heterocycles. The molecule has 0 aliphatic carbocycles. The standard InChI is InChI=1S/C47H48F3N9O7S/c1-26(2)58-27(3)4-9-31-34(48)20-28(21-39(31)58)42-36(50)24-52-46(55-42)53-29-5-7-30(8-6-29)67(65,66)57-18-14-47(15-19-57)12-16-56(17-13-47)41(61)25-51-37-23-33-32(22-35(37)49)44(63)59(45(33)64)38-10-11-40(60)54-43(38)62/h4-9,20-24,26-27,38,51H,10-19,25H2,1-3H3,(H,52,53,55)(H,54,60,62). The lowest BCUT2D eigenvalue weighted by Gasteiger charge is -2.46. The van der Waals surface area contributed by atoms with E-state index in [1.807, 2.05) is 26.8 Å². The SMILES string of the molecule is CC(C)N1c2cc(-c3nc(Nc4ccc(S(=O)(=O)N5CCC6(CCN(C(=O)CNc7cc8c(cc7F)C(=O)N(C7CCC(=O)NC7=O)C8=O)CC6)CC5)cc4)ncc3F)cc(F)c2C=CC1C. The normalized spacial score (nSPS) is 20.6. The fraction of sp³-hybridized carbons (Fsp3) is 0.383. The molecule has 4 aromatic rings. The maximum absolute atomic E-state index is 15.4. The van der Waals surface area contributed by atoms with Crippen LogP contribution in [0.1, 0.15) is 85.6 Å². The molecule has 5 amide bonds. The number of hydrogen-bond acceptors (Lipinski definition) is 12. The van der Waals surface area contributed by atoms with Gasteiger partial charge in [-0.15, -0.1) is 0 Å². The number of carbonyl (C=O) groups is 5. The third-order valence-corrected chi connectivity index (χ3v) is 15.5. The maximum Gasteiger partial charge on any atom is 0.262 e. The van der Waals surface area contributed by atoms with E-state index in [1.165, 1.54) is 22.5 Å². The van der Waals surface area contributed by atoms with Crippen LogP contribution < -0.4 is 20.9 Å². The summed E-state index contributed by atoms with van der Waals surface area (Å²) in [6.07, 6.45) is 7.05. The molecule has 20 heteroatoms. The number of aromatic nitrogens is 2. The topological polar surface area (TPSA) is 194 Å². The third-order valence-electron chi connectivity index (χ3n) is 13.6. The summed E-state index contributed by atoms with van der Waals surface area (Å²) in [4.78, 5) is 76.5. The molecule has 16 nitrogen and oxygen atoms in total. The highest BCUT2D eigenvalue weighted by atomic mass is 32.2. The van der Waals surface area contributed by atoms with Crippen LogP contribution in [0.25, 0.3) is 17.3 Å². The Balaban J connectivity index is 0.776. The van der Waals surface area contributed by atoms with E-state index in [-0.39, 0.29) is 94.8 Å². The van der Waals surface area contributed by atoms with E-state index in [0.29, 0.717) is 55.7 Å². The highest BCUT2D eigenvalue weighted by molar-refractivity contribution is 7.89. The van der Waals surface area contributed by atoms with Gasteiger partial charge in [0.25, 0.3) is 11.8 Å². The number of rotatable bonds is 10. The fourth-order valence-corrected chi connectivity index (χ4v) is 11.3. The molecule has 0 radical (unpaired) electrons. The van der Waals surface area contributed by atoms with Crippen LogP contribution in [0.3, 0.4) is 0 Å². The second-order valence-corrected chi connectivity index (χ2v) is 19.9. The fourth-order valence-electron chi connectivity index (χ4n) is 9.87. The zero-order chi connectivity index (χ0) is 47.5. The quantitative estimate of drug-likeness (QED) is 0.161. The average Bonchev–Trinajstić information content (AvgIpc) is 3.53. The van der Waals surface area contributed by atoms with E-state index < -0.39 is 57.1 Å². The number of imide groups is 2. The second kappa shape index (κ2) is 17.5. The van der Waals surface area contributed by atoms with Crippen molar-refractivity contribution in [2.45, 2.75) is 82.3 Å². The van der Waals surface area contributed by atoms with Gasteiger partial charge in [0.1, 0.15) is 23.4 Å². The molecule has 3 aromatic carbocycles. The minimum Gasteiger partial charge on any atom is -0.374 e. The molecular formula is C47H48F3N9O7S. The van der Waals surface area contributed by atoms with E-state index in [0.717, 1.165) is 23.2 Å². The lowest BCUT2D eigenvalue weighted by atomic mass is 9.71. The predicted molar refractivity (Wildman–Crippen MR) is 241 cm³/mol. The van der Waals surface area contributed by atoms with Crippen molar-refractivity contribution in [2.24, 2.45) is 5.41 Å². The van der Waals surface area contributed by atoms with E-state index in [4.69, 9.17) is 0 Å². The molecule has 350 valence electrons. The Hall–Kier alpha value is -6.67.